The topological polar surface area (TPSA) is 67.8 Å². The van der Waals surface area contributed by atoms with Crippen LogP contribution in [0.25, 0.3) is 0 Å². The first kappa shape index (κ1) is 21.7. The zero-order chi connectivity index (χ0) is 22.8. The minimum atomic E-state index is -0.107. The molecule has 1 amide bonds. The number of fused-ring (bicyclic) bond motifs is 1. The van der Waals surface area contributed by atoms with Crippen LogP contribution in [-0.4, -0.2) is 53.6 Å². The van der Waals surface area contributed by atoms with Crippen molar-refractivity contribution in [2.24, 2.45) is 0 Å². The van der Waals surface area contributed by atoms with Crippen molar-refractivity contribution in [3.63, 3.8) is 0 Å². The second kappa shape index (κ2) is 9.37. The molecule has 2 aliphatic rings. The molecule has 0 spiro atoms. The Labute approximate surface area is 197 Å². The number of nitrogens with zero attached hydrogens (tertiary/aromatic N) is 4. The number of hydrogen-bond acceptors (Lipinski definition) is 6. The molecule has 1 fully saturated rings. The van der Waals surface area contributed by atoms with Crippen molar-refractivity contribution in [3.05, 3.63) is 75.9 Å². The van der Waals surface area contributed by atoms with Crippen molar-refractivity contribution in [1.29, 1.82) is 0 Å². The molecule has 0 unspecified atom stereocenters. The van der Waals surface area contributed by atoms with Gasteiger partial charge in [-0.15, -0.1) is 0 Å². The summed E-state index contributed by atoms with van der Waals surface area (Å²) in [4.78, 5) is 26.7. The summed E-state index contributed by atoms with van der Waals surface area (Å²) in [5.74, 6) is 1.72. The van der Waals surface area contributed by atoms with Gasteiger partial charge in [-0.2, -0.15) is 4.98 Å². The molecule has 1 saturated heterocycles. The highest BCUT2D eigenvalue weighted by atomic mass is 35.5. The summed E-state index contributed by atoms with van der Waals surface area (Å²) in [6.07, 6.45) is 0.621. The second-order valence-corrected chi connectivity index (χ2v) is 8.63. The third-order valence-corrected chi connectivity index (χ3v) is 6.26. The highest BCUT2D eigenvalue weighted by Gasteiger charge is 2.29. The lowest BCUT2D eigenvalue weighted by atomic mass is 10.0. The number of halogens is 1. The van der Waals surface area contributed by atoms with Crippen LogP contribution in [0.3, 0.4) is 0 Å². The summed E-state index contributed by atoms with van der Waals surface area (Å²) in [5, 5.41) is 0.448. The van der Waals surface area contributed by atoms with Gasteiger partial charge in [0.2, 0.25) is 11.8 Å². The fraction of sp³-hybridized carbons (Fsp3) is 0.320. The summed E-state index contributed by atoms with van der Waals surface area (Å²) in [5.41, 5.74) is 3.39. The van der Waals surface area contributed by atoms with Gasteiger partial charge >= 0.3 is 0 Å². The van der Waals surface area contributed by atoms with Crippen LogP contribution in [0.4, 0.5) is 5.95 Å². The quantitative estimate of drug-likeness (QED) is 0.574. The first-order chi connectivity index (χ1) is 16.1. The van der Waals surface area contributed by atoms with Crippen molar-refractivity contribution in [3.8, 4) is 11.6 Å². The summed E-state index contributed by atoms with van der Waals surface area (Å²) in [6, 6.07) is 15.0. The van der Waals surface area contributed by atoms with Crippen molar-refractivity contribution in [2.45, 2.75) is 19.9 Å². The van der Waals surface area contributed by atoms with E-state index in [-0.39, 0.29) is 5.91 Å². The maximum absolute atomic E-state index is 13.2. The van der Waals surface area contributed by atoms with Gasteiger partial charge in [0.25, 0.3) is 5.91 Å². The van der Waals surface area contributed by atoms with Crippen LogP contribution in [0.2, 0.25) is 5.02 Å². The maximum atomic E-state index is 13.2. The highest BCUT2D eigenvalue weighted by molar-refractivity contribution is 6.33. The van der Waals surface area contributed by atoms with E-state index in [0.717, 1.165) is 29.9 Å². The van der Waals surface area contributed by atoms with Crippen molar-refractivity contribution < 1.29 is 14.3 Å². The van der Waals surface area contributed by atoms with E-state index in [9.17, 15) is 4.79 Å². The van der Waals surface area contributed by atoms with Gasteiger partial charge < -0.3 is 19.3 Å². The Hall–Kier alpha value is -3.16. The zero-order valence-electron chi connectivity index (χ0n) is 18.5. The molecule has 5 rings (SSSR count). The van der Waals surface area contributed by atoms with Crippen LogP contribution >= 0.6 is 11.6 Å². The lowest BCUT2D eigenvalue weighted by molar-refractivity contribution is 0.0732. The zero-order valence-corrected chi connectivity index (χ0v) is 19.2. The van der Waals surface area contributed by atoms with Crippen molar-refractivity contribution in [2.75, 3.05) is 37.7 Å². The van der Waals surface area contributed by atoms with Gasteiger partial charge in [0.05, 0.1) is 41.6 Å². The summed E-state index contributed by atoms with van der Waals surface area (Å²) < 4.78 is 11.7. The fourth-order valence-electron chi connectivity index (χ4n) is 4.06. The van der Waals surface area contributed by atoms with Gasteiger partial charge in [0, 0.05) is 26.1 Å². The molecule has 170 valence electrons. The Kier molecular flexibility index (Phi) is 6.15. The number of carbonyl (C=O) groups excluding carboxylic acids is 1. The Morgan fingerprint density at radius 1 is 1.03 bits per heavy atom. The molecule has 0 N–H and O–H groups in total. The average Bonchev–Trinajstić information content (AvgIpc) is 2.85. The molecule has 0 saturated carbocycles. The number of benzene rings is 2. The summed E-state index contributed by atoms with van der Waals surface area (Å²) in [6.45, 7) is 5.72. The Bertz CT molecular complexity index is 1160. The van der Waals surface area contributed by atoms with E-state index in [1.165, 1.54) is 0 Å². The van der Waals surface area contributed by atoms with E-state index in [1.807, 2.05) is 43.3 Å². The van der Waals surface area contributed by atoms with Gasteiger partial charge in [-0.3, -0.25) is 4.79 Å². The largest absolute Gasteiger partial charge is 0.438 e. The first-order valence-corrected chi connectivity index (χ1v) is 11.5. The molecule has 0 radical (unpaired) electrons. The molecular formula is C25H25ClN4O3. The number of carbonyl (C=O) groups is 1. The molecule has 1 aromatic heterocycles. The molecule has 0 atom stereocenters. The van der Waals surface area contributed by atoms with Crippen molar-refractivity contribution in [1.82, 2.24) is 14.9 Å². The smallest absolute Gasteiger partial charge is 0.255 e. The standard InChI is InChI=1S/C25H25ClN4O3/c1-17-6-8-18(9-7-17)33-23-20-16-30(24(31)19-4-2-3-5-21(19)26)11-10-22(20)27-25(28-23)29-12-14-32-15-13-29/h2-9H,10-16H2,1H3. The van der Waals surface area contributed by atoms with Crippen molar-refractivity contribution >= 4 is 23.5 Å². The predicted molar refractivity (Wildman–Crippen MR) is 126 cm³/mol. The molecule has 3 aromatic rings. The van der Waals surface area contributed by atoms with Gasteiger partial charge in [0.15, 0.2) is 0 Å². The Morgan fingerprint density at radius 2 is 1.79 bits per heavy atom. The van der Waals surface area contributed by atoms with E-state index in [2.05, 4.69) is 4.90 Å². The van der Waals surface area contributed by atoms with Gasteiger partial charge in [-0.1, -0.05) is 41.4 Å². The van der Waals surface area contributed by atoms with Gasteiger partial charge in [-0.05, 0) is 31.2 Å². The first-order valence-electron chi connectivity index (χ1n) is 11.1. The number of aryl methyl sites for hydroxylation is 1. The maximum Gasteiger partial charge on any atom is 0.255 e. The van der Waals surface area contributed by atoms with E-state index in [1.54, 1.807) is 17.0 Å². The van der Waals surface area contributed by atoms with Crippen LogP contribution in [0, 0.1) is 6.92 Å². The van der Waals surface area contributed by atoms with Gasteiger partial charge in [-0.25, -0.2) is 4.98 Å². The van der Waals surface area contributed by atoms with Crippen LogP contribution in [-0.2, 0) is 17.7 Å². The average molecular weight is 465 g/mol. The van der Waals surface area contributed by atoms with E-state index in [4.69, 9.17) is 31.0 Å². The molecule has 3 heterocycles. The fourth-order valence-corrected chi connectivity index (χ4v) is 4.27. The minimum absolute atomic E-state index is 0.107. The number of ether oxygens (including phenoxy) is 2. The van der Waals surface area contributed by atoms with E-state index >= 15 is 0 Å². The molecule has 2 aromatic carbocycles. The summed E-state index contributed by atoms with van der Waals surface area (Å²) >= 11 is 6.28. The van der Waals surface area contributed by atoms with Crippen LogP contribution in [0.1, 0.15) is 27.2 Å². The third-order valence-electron chi connectivity index (χ3n) is 5.93. The molecule has 8 heteroatoms. The van der Waals surface area contributed by atoms with Crippen LogP contribution < -0.4 is 9.64 Å². The molecule has 7 nitrogen and oxygen atoms in total. The Balaban J connectivity index is 1.49. The van der Waals surface area contributed by atoms with Crippen LogP contribution in [0.5, 0.6) is 11.6 Å². The SMILES string of the molecule is Cc1ccc(Oc2nc(N3CCOCC3)nc3c2CN(C(=O)c2ccccc2Cl)CC3)cc1. The van der Waals surface area contributed by atoms with E-state index in [0.29, 0.717) is 60.9 Å². The monoisotopic (exact) mass is 464 g/mol. The molecule has 0 aliphatic carbocycles. The number of amides is 1. The third kappa shape index (κ3) is 4.65. The summed E-state index contributed by atoms with van der Waals surface area (Å²) in [7, 11) is 0. The molecular weight excluding hydrogens is 440 g/mol. The molecule has 33 heavy (non-hydrogen) atoms. The normalized spacial score (nSPS) is 15.8. The number of hydrogen-bond donors (Lipinski definition) is 0. The number of morpholine rings is 1. The lowest BCUT2D eigenvalue weighted by Gasteiger charge is -2.32. The van der Waals surface area contributed by atoms with Gasteiger partial charge in [0.1, 0.15) is 5.75 Å². The van der Waals surface area contributed by atoms with Crippen LogP contribution in [0.15, 0.2) is 48.5 Å². The highest BCUT2D eigenvalue weighted by Crippen LogP contribution is 2.32. The number of anilines is 1. The lowest BCUT2D eigenvalue weighted by Crippen LogP contribution is -2.39. The number of rotatable bonds is 4. The predicted octanol–water partition coefficient (Wildman–Crippen LogP) is 4.27. The Morgan fingerprint density at radius 3 is 2.55 bits per heavy atom. The second-order valence-electron chi connectivity index (χ2n) is 8.23. The molecule has 0 bridgehead atoms. The van der Waals surface area contributed by atoms with E-state index < -0.39 is 0 Å². The minimum Gasteiger partial charge on any atom is -0.438 e. The molecule has 2 aliphatic heterocycles. The number of aromatic nitrogens is 2.